The number of hydrogen-bond donors (Lipinski definition) is 1. The molecule has 0 aromatic heterocycles. The van der Waals surface area contributed by atoms with Gasteiger partial charge in [-0.05, 0) is 29.4 Å². The van der Waals surface area contributed by atoms with E-state index >= 15 is 0 Å². The normalized spacial score (nSPS) is 10.6. The number of likely N-dealkylation sites (N-methyl/N-ethyl adjacent to an activating group) is 2. The molecule has 0 fully saturated rings. The second-order valence-corrected chi connectivity index (χ2v) is 4.46. The summed E-state index contributed by atoms with van der Waals surface area (Å²) >= 11 is 0. The quantitative estimate of drug-likeness (QED) is 0.889. The lowest BCUT2D eigenvalue weighted by atomic mass is 10.1. The Morgan fingerprint density at radius 1 is 1.17 bits per heavy atom. The van der Waals surface area contributed by atoms with Crippen molar-refractivity contribution in [1.82, 2.24) is 10.2 Å². The van der Waals surface area contributed by atoms with Crippen LogP contribution in [0, 0.1) is 0 Å². The molecule has 3 heteroatoms. The molecule has 1 N–H and O–H groups in total. The fourth-order valence-electron chi connectivity index (χ4n) is 1.99. The highest BCUT2D eigenvalue weighted by Crippen LogP contribution is 2.16. The molecule has 2 aromatic rings. The van der Waals surface area contributed by atoms with Crippen LogP contribution in [0.15, 0.2) is 42.5 Å². The molecule has 1 amide bonds. The zero-order chi connectivity index (χ0) is 13.0. The summed E-state index contributed by atoms with van der Waals surface area (Å²) in [6.45, 7) is 1.02. The van der Waals surface area contributed by atoms with Gasteiger partial charge >= 0.3 is 0 Å². The summed E-state index contributed by atoms with van der Waals surface area (Å²) in [5.41, 5.74) is 1.15. The fourth-order valence-corrected chi connectivity index (χ4v) is 1.99. The van der Waals surface area contributed by atoms with Gasteiger partial charge in [-0.2, -0.15) is 0 Å². The van der Waals surface area contributed by atoms with Crippen molar-refractivity contribution in [2.75, 3.05) is 20.6 Å². The van der Waals surface area contributed by atoms with Crippen molar-refractivity contribution in [2.24, 2.45) is 0 Å². The fraction of sp³-hybridized carbons (Fsp3) is 0.267. The van der Waals surface area contributed by atoms with Crippen LogP contribution in [0.5, 0.6) is 0 Å². The minimum atomic E-state index is 0.102. The van der Waals surface area contributed by atoms with E-state index in [0.29, 0.717) is 13.1 Å². The van der Waals surface area contributed by atoms with E-state index in [1.54, 1.807) is 11.9 Å². The number of hydrogen-bond acceptors (Lipinski definition) is 2. The van der Waals surface area contributed by atoms with Crippen LogP contribution in [-0.4, -0.2) is 31.4 Å². The third kappa shape index (κ3) is 2.87. The molecule has 0 spiro atoms. The zero-order valence-corrected chi connectivity index (χ0v) is 10.8. The third-order valence-corrected chi connectivity index (χ3v) is 2.99. The highest BCUT2D eigenvalue weighted by Gasteiger charge is 2.07. The zero-order valence-electron chi connectivity index (χ0n) is 10.8. The Morgan fingerprint density at radius 2 is 1.89 bits per heavy atom. The van der Waals surface area contributed by atoms with Crippen LogP contribution in [0.3, 0.4) is 0 Å². The minimum Gasteiger partial charge on any atom is -0.340 e. The van der Waals surface area contributed by atoms with E-state index in [2.05, 4.69) is 35.6 Å². The van der Waals surface area contributed by atoms with Crippen molar-refractivity contribution >= 4 is 16.7 Å². The van der Waals surface area contributed by atoms with Crippen LogP contribution < -0.4 is 5.32 Å². The molecule has 0 heterocycles. The number of nitrogens with zero attached hydrogens (tertiary/aromatic N) is 1. The molecule has 0 saturated carbocycles. The molecule has 0 bridgehead atoms. The van der Waals surface area contributed by atoms with Crippen LogP contribution in [0.25, 0.3) is 10.8 Å². The van der Waals surface area contributed by atoms with Gasteiger partial charge in [-0.1, -0.05) is 36.4 Å². The van der Waals surface area contributed by atoms with Gasteiger partial charge in [-0.15, -0.1) is 0 Å². The third-order valence-electron chi connectivity index (χ3n) is 2.99. The van der Waals surface area contributed by atoms with Gasteiger partial charge in [0.15, 0.2) is 0 Å². The lowest BCUT2D eigenvalue weighted by Crippen LogP contribution is -2.33. The van der Waals surface area contributed by atoms with Gasteiger partial charge in [0.25, 0.3) is 0 Å². The molecule has 94 valence electrons. The maximum Gasteiger partial charge on any atom is 0.236 e. The van der Waals surface area contributed by atoms with Crippen molar-refractivity contribution < 1.29 is 4.79 Å². The lowest BCUT2D eigenvalue weighted by molar-refractivity contribution is -0.129. The second-order valence-electron chi connectivity index (χ2n) is 4.46. The van der Waals surface area contributed by atoms with Crippen molar-refractivity contribution in [3.63, 3.8) is 0 Å². The Balaban J connectivity index is 2.14. The molecule has 3 nitrogen and oxygen atoms in total. The van der Waals surface area contributed by atoms with Gasteiger partial charge in [0.05, 0.1) is 6.54 Å². The van der Waals surface area contributed by atoms with Crippen LogP contribution >= 0.6 is 0 Å². The maximum absolute atomic E-state index is 11.7. The predicted molar refractivity (Wildman–Crippen MR) is 74.3 cm³/mol. The second kappa shape index (κ2) is 5.65. The number of amides is 1. The molecule has 0 aliphatic carbocycles. The van der Waals surface area contributed by atoms with Crippen molar-refractivity contribution in [1.29, 1.82) is 0 Å². The Bertz CT molecular complexity index is 551. The van der Waals surface area contributed by atoms with Crippen LogP contribution in [0.2, 0.25) is 0 Å². The van der Waals surface area contributed by atoms with E-state index in [1.807, 2.05) is 19.2 Å². The molecule has 0 unspecified atom stereocenters. The van der Waals surface area contributed by atoms with E-state index in [9.17, 15) is 4.79 Å². The molecule has 0 aliphatic heterocycles. The van der Waals surface area contributed by atoms with Crippen molar-refractivity contribution in [2.45, 2.75) is 6.54 Å². The summed E-state index contributed by atoms with van der Waals surface area (Å²) < 4.78 is 0. The van der Waals surface area contributed by atoms with E-state index < -0.39 is 0 Å². The number of rotatable bonds is 4. The number of carbonyl (C=O) groups excluding carboxylic acids is 1. The van der Waals surface area contributed by atoms with E-state index in [4.69, 9.17) is 0 Å². The van der Waals surface area contributed by atoms with Crippen LogP contribution in [-0.2, 0) is 11.3 Å². The standard InChI is InChI=1S/C15H18N2O/c1-16-10-15(18)17(2)11-12-7-8-13-5-3-4-6-14(13)9-12/h3-9,16H,10-11H2,1-2H3. The van der Waals surface area contributed by atoms with Gasteiger partial charge < -0.3 is 10.2 Å². The Kier molecular flexibility index (Phi) is 3.95. The number of nitrogens with one attached hydrogen (secondary N) is 1. The summed E-state index contributed by atoms with van der Waals surface area (Å²) in [5, 5.41) is 5.31. The highest BCUT2D eigenvalue weighted by atomic mass is 16.2. The minimum absolute atomic E-state index is 0.102. The SMILES string of the molecule is CNCC(=O)N(C)Cc1ccc2ccccc2c1. The summed E-state index contributed by atoms with van der Waals surface area (Å²) in [6.07, 6.45) is 0. The Morgan fingerprint density at radius 3 is 2.61 bits per heavy atom. The van der Waals surface area contributed by atoms with Crippen LogP contribution in [0.1, 0.15) is 5.56 Å². The number of fused-ring (bicyclic) bond motifs is 1. The molecule has 0 atom stereocenters. The molecule has 0 aliphatic rings. The summed E-state index contributed by atoms with van der Waals surface area (Å²) in [4.78, 5) is 13.4. The van der Waals surface area contributed by atoms with E-state index in [0.717, 1.165) is 5.56 Å². The molecule has 0 radical (unpaired) electrons. The van der Waals surface area contributed by atoms with Gasteiger partial charge in [0.1, 0.15) is 0 Å². The smallest absolute Gasteiger partial charge is 0.236 e. The topological polar surface area (TPSA) is 32.3 Å². The summed E-state index contributed by atoms with van der Waals surface area (Å²) in [7, 11) is 3.61. The van der Waals surface area contributed by atoms with E-state index in [-0.39, 0.29) is 5.91 Å². The first-order chi connectivity index (χ1) is 8.70. The Labute approximate surface area is 107 Å². The average Bonchev–Trinajstić information content (AvgIpc) is 2.39. The predicted octanol–water partition coefficient (Wildman–Crippen LogP) is 2.02. The lowest BCUT2D eigenvalue weighted by Gasteiger charge is -2.17. The van der Waals surface area contributed by atoms with Gasteiger partial charge in [0, 0.05) is 13.6 Å². The first kappa shape index (κ1) is 12.6. The largest absolute Gasteiger partial charge is 0.340 e. The molecule has 18 heavy (non-hydrogen) atoms. The van der Waals surface area contributed by atoms with E-state index in [1.165, 1.54) is 10.8 Å². The summed E-state index contributed by atoms with van der Waals surface area (Å²) in [5.74, 6) is 0.102. The average molecular weight is 242 g/mol. The molecule has 2 rings (SSSR count). The first-order valence-corrected chi connectivity index (χ1v) is 6.07. The van der Waals surface area contributed by atoms with Crippen LogP contribution in [0.4, 0.5) is 0 Å². The number of carbonyl (C=O) groups is 1. The maximum atomic E-state index is 11.7. The molecule has 2 aromatic carbocycles. The van der Waals surface area contributed by atoms with Crippen molar-refractivity contribution in [3.05, 3.63) is 48.0 Å². The number of benzene rings is 2. The molecular formula is C15H18N2O. The van der Waals surface area contributed by atoms with Gasteiger partial charge in [-0.3, -0.25) is 4.79 Å². The van der Waals surface area contributed by atoms with Gasteiger partial charge in [0.2, 0.25) is 5.91 Å². The summed E-state index contributed by atoms with van der Waals surface area (Å²) in [6, 6.07) is 14.6. The monoisotopic (exact) mass is 242 g/mol. The molecular weight excluding hydrogens is 224 g/mol. The highest BCUT2D eigenvalue weighted by molar-refractivity contribution is 5.83. The Hall–Kier alpha value is -1.87. The first-order valence-electron chi connectivity index (χ1n) is 6.07. The van der Waals surface area contributed by atoms with Crippen molar-refractivity contribution in [3.8, 4) is 0 Å². The molecule has 0 saturated heterocycles. The van der Waals surface area contributed by atoms with Gasteiger partial charge in [-0.25, -0.2) is 0 Å².